The number of fused-ring (bicyclic) bond motifs is 3. The Balaban J connectivity index is 1.48. The van der Waals surface area contributed by atoms with Crippen LogP contribution in [0.15, 0.2) is 29.4 Å². The normalized spacial score (nSPS) is 27.8. The van der Waals surface area contributed by atoms with Crippen LogP contribution in [0.1, 0.15) is 18.4 Å². The molecule has 0 unspecified atom stereocenters. The molecule has 3 heterocycles. The first-order valence-electron chi connectivity index (χ1n) is 7.28. The minimum Gasteiger partial charge on any atom is -0.357 e. The van der Waals surface area contributed by atoms with Gasteiger partial charge in [0.05, 0.1) is 6.21 Å². The highest BCUT2D eigenvalue weighted by molar-refractivity contribution is 14.1. The molecule has 6 heteroatoms. The standard InChI is InChI=1S/C15H19IN4S/c16-13-3-1-2-11(8-13)9-17-19-15(21)18-14-10-20-6-4-12(14)5-7-20/h1-3,8-9,12,14H,4-7,10H2,(H2,18,19,21)/b17-9+/t14-/m0/s1. The first-order chi connectivity index (χ1) is 10.2. The maximum absolute atomic E-state index is 5.34. The predicted molar refractivity (Wildman–Crippen MR) is 98.6 cm³/mol. The molecule has 0 saturated carbocycles. The Bertz CT molecular complexity index is 540. The van der Waals surface area contributed by atoms with Crippen molar-refractivity contribution in [3.05, 3.63) is 33.4 Å². The average Bonchev–Trinajstić information content (AvgIpc) is 2.48. The van der Waals surface area contributed by atoms with E-state index in [0.29, 0.717) is 11.2 Å². The van der Waals surface area contributed by atoms with E-state index in [-0.39, 0.29) is 0 Å². The molecular formula is C15H19IN4S. The number of benzene rings is 1. The van der Waals surface area contributed by atoms with Gasteiger partial charge in [-0.15, -0.1) is 0 Å². The molecule has 0 radical (unpaired) electrons. The SMILES string of the molecule is S=C(N/N=C/c1cccc(I)c1)N[C@H]1CN2CCC1CC2. The van der Waals surface area contributed by atoms with Crippen molar-refractivity contribution in [2.75, 3.05) is 19.6 Å². The van der Waals surface area contributed by atoms with Gasteiger partial charge in [-0.25, -0.2) is 0 Å². The second kappa shape index (κ2) is 7.02. The summed E-state index contributed by atoms with van der Waals surface area (Å²) in [7, 11) is 0. The molecule has 4 rings (SSSR count). The smallest absolute Gasteiger partial charge is 0.187 e. The lowest BCUT2D eigenvalue weighted by Crippen LogP contribution is -2.58. The van der Waals surface area contributed by atoms with Gasteiger partial charge in [0.2, 0.25) is 0 Å². The van der Waals surface area contributed by atoms with Crippen LogP contribution in [-0.4, -0.2) is 41.9 Å². The molecule has 1 aromatic rings. The molecule has 1 atom stereocenters. The Hall–Kier alpha value is -0.730. The van der Waals surface area contributed by atoms with Crippen molar-refractivity contribution >= 4 is 46.1 Å². The number of hydrogen-bond acceptors (Lipinski definition) is 3. The molecule has 0 amide bonds. The molecule has 0 spiro atoms. The Morgan fingerprint density at radius 1 is 1.38 bits per heavy atom. The number of hydrogen-bond donors (Lipinski definition) is 2. The summed E-state index contributed by atoms with van der Waals surface area (Å²) in [5, 5.41) is 8.25. The number of hydrazone groups is 1. The zero-order valence-corrected chi connectivity index (χ0v) is 14.7. The van der Waals surface area contributed by atoms with Crippen LogP contribution < -0.4 is 10.7 Å². The van der Waals surface area contributed by atoms with Gasteiger partial charge in [0, 0.05) is 16.2 Å². The minimum atomic E-state index is 0.473. The fraction of sp³-hybridized carbons (Fsp3) is 0.467. The molecule has 1 aromatic carbocycles. The maximum Gasteiger partial charge on any atom is 0.187 e. The zero-order chi connectivity index (χ0) is 14.7. The van der Waals surface area contributed by atoms with Crippen LogP contribution in [-0.2, 0) is 0 Å². The molecule has 3 saturated heterocycles. The van der Waals surface area contributed by atoms with Crippen LogP contribution >= 0.6 is 34.8 Å². The average molecular weight is 414 g/mol. The van der Waals surface area contributed by atoms with E-state index in [4.69, 9.17) is 12.2 Å². The van der Waals surface area contributed by atoms with E-state index < -0.39 is 0 Å². The van der Waals surface area contributed by atoms with Gasteiger partial charge in [-0.2, -0.15) is 5.10 Å². The van der Waals surface area contributed by atoms with Crippen LogP contribution in [0.5, 0.6) is 0 Å². The predicted octanol–water partition coefficient (Wildman–Crippen LogP) is 2.18. The summed E-state index contributed by atoms with van der Waals surface area (Å²) in [5.41, 5.74) is 4.00. The monoisotopic (exact) mass is 414 g/mol. The lowest BCUT2D eigenvalue weighted by Gasteiger charge is -2.45. The summed E-state index contributed by atoms with van der Waals surface area (Å²) < 4.78 is 1.20. The van der Waals surface area contributed by atoms with Gasteiger partial charge in [-0.3, -0.25) is 5.43 Å². The first-order valence-corrected chi connectivity index (χ1v) is 8.77. The second-order valence-corrected chi connectivity index (χ2v) is 7.30. The quantitative estimate of drug-likeness (QED) is 0.344. The summed E-state index contributed by atoms with van der Waals surface area (Å²) in [5.74, 6) is 0.759. The molecular weight excluding hydrogens is 395 g/mol. The summed E-state index contributed by atoms with van der Waals surface area (Å²) in [4.78, 5) is 2.51. The van der Waals surface area contributed by atoms with Gasteiger partial charge < -0.3 is 10.2 Å². The van der Waals surface area contributed by atoms with Crippen LogP contribution in [0, 0.1) is 9.49 Å². The van der Waals surface area contributed by atoms with Gasteiger partial charge >= 0.3 is 0 Å². The van der Waals surface area contributed by atoms with Gasteiger partial charge in [0.15, 0.2) is 5.11 Å². The van der Waals surface area contributed by atoms with Crippen molar-refractivity contribution in [1.82, 2.24) is 15.6 Å². The van der Waals surface area contributed by atoms with Crippen molar-refractivity contribution in [3.63, 3.8) is 0 Å². The molecule has 112 valence electrons. The summed E-state index contributed by atoms with van der Waals surface area (Å²) in [6, 6.07) is 8.66. The van der Waals surface area contributed by atoms with Crippen molar-refractivity contribution < 1.29 is 0 Å². The summed E-state index contributed by atoms with van der Waals surface area (Å²) >= 11 is 7.63. The molecule has 3 aliphatic heterocycles. The third-order valence-electron chi connectivity index (χ3n) is 4.20. The highest BCUT2D eigenvalue weighted by Gasteiger charge is 2.34. The van der Waals surface area contributed by atoms with E-state index in [0.717, 1.165) is 18.0 Å². The second-order valence-electron chi connectivity index (χ2n) is 5.64. The zero-order valence-electron chi connectivity index (χ0n) is 11.8. The molecule has 4 nitrogen and oxygen atoms in total. The maximum atomic E-state index is 5.34. The third kappa shape index (κ3) is 4.14. The fourth-order valence-corrected chi connectivity index (χ4v) is 3.85. The van der Waals surface area contributed by atoms with Gasteiger partial charge in [0.25, 0.3) is 0 Å². The highest BCUT2D eigenvalue weighted by Crippen LogP contribution is 2.27. The van der Waals surface area contributed by atoms with Gasteiger partial charge in [-0.1, -0.05) is 12.1 Å². The van der Waals surface area contributed by atoms with Crippen LogP contribution in [0.4, 0.5) is 0 Å². The molecule has 0 aromatic heterocycles. The third-order valence-corrected chi connectivity index (χ3v) is 5.08. The van der Waals surface area contributed by atoms with E-state index in [1.54, 1.807) is 6.21 Å². The van der Waals surface area contributed by atoms with E-state index in [1.165, 1.54) is 29.5 Å². The Labute approximate surface area is 144 Å². The minimum absolute atomic E-state index is 0.473. The van der Waals surface area contributed by atoms with E-state index in [1.807, 2.05) is 12.1 Å². The van der Waals surface area contributed by atoms with Gasteiger partial charge in [0.1, 0.15) is 0 Å². The largest absolute Gasteiger partial charge is 0.357 e. The summed E-state index contributed by atoms with van der Waals surface area (Å²) in [6.45, 7) is 3.59. The number of thiocarbonyl (C=S) groups is 1. The molecule has 2 bridgehead atoms. The highest BCUT2D eigenvalue weighted by atomic mass is 127. The van der Waals surface area contributed by atoms with Crippen LogP contribution in [0.25, 0.3) is 0 Å². The van der Waals surface area contributed by atoms with Gasteiger partial charge in [-0.05, 0) is 84.4 Å². The molecule has 3 aliphatic rings. The van der Waals surface area contributed by atoms with Crippen molar-refractivity contribution in [2.24, 2.45) is 11.0 Å². The van der Waals surface area contributed by atoms with E-state index >= 15 is 0 Å². The lowest BCUT2D eigenvalue weighted by atomic mass is 9.84. The lowest BCUT2D eigenvalue weighted by molar-refractivity contribution is 0.0812. The van der Waals surface area contributed by atoms with Crippen molar-refractivity contribution in [2.45, 2.75) is 18.9 Å². The van der Waals surface area contributed by atoms with Crippen LogP contribution in [0.2, 0.25) is 0 Å². The number of rotatable bonds is 3. The molecule has 21 heavy (non-hydrogen) atoms. The molecule has 0 aliphatic carbocycles. The summed E-state index contributed by atoms with van der Waals surface area (Å²) in [6.07, 6.45) is 4.37. The number of piperidine rings is 3. The first kappa shape index (κ1) is 15.2. The van der Waals surface area contributed by atoms with E-state index in [2.05, 4.69) is 55.5 Å². The Morgan fingerprint density at radius 2 is 2.19 bits per heavy atom. The van der Waals surface area contributed by atoms with Crippen molar-refractivity contribution in [3.8, 4) is 0 Å². The fourth-order valence-electron chi connectivity index (χ4n) is 3.08. The topological polar surface area (TPSA) is 39.7 Å². The van der Waals surface area contributed by atoms with Crippen molar-refractivity contribution in [1.29, 1.82) is 0 Å². The Kier molecular flexibility index (Phi) is 5.07. The number of halogens is 1. The molecule has 2 N–H and O–H groups in total. The number of nitrogens with one attached hydrogen (secondary N) is 2. The van der Waals surface area contributed by atoms with E-state index in [9.17, 15) is 0 Å². The number of nitrogens with zero attached hydrogens (tertiary/aromatic N) is 2. The molecule has 3 fully saturated rings. The van der Waals surface area contributed by atoms with Crippen LogP contribution in [0.3, 0.4) is 0 Å². The Morgan fingerprint density at radius 3 is 2.86 bits per heavy atom.